The molecular weight excluding hydrogens is 186 g/mol. The largest absolute Gasteiger partial charge is 0.330 e. The summed E-state index contributed by atoms with van der Waals surface area (Å²) in [5, 5.41) is 2.26. The summed E-state index contributed by atoms with van der Waals surface area (Å²) in [6.07, 6.45) is 3.01. The molecule has 1 aromatic heterocycles. The first-order valence-corrected chi connectivity index (χ1v) is 5.03. The third kappa shape index (κ3) is 2.87. The zero-order valence-electron chi connectivity index (χ0n) is 7.27. The number of carbonyl (C=O) groups is 1. The van der Waals surface area contributed by atoms with Gasteiger partial charge in [-0.05, 0) is 19.4 Å². The minimum atomic E-state index is -0.449. The summed E-state index contributed by atoms with van der Waals surface area (Å²) in [6.45, 7) is 0.568. The molecule has 72 valence electrons. The van der Waals surface area contributed by atoms with Crippen LogP contribution in [0.1, 0.15) is 22.6 Å². The van der Waals surface area contributed by atoms with Crippen LogP contribution in [0.15, 0.2) is 11.6 Å². The van der Waals surface area contributed by atoms with Gasteiger partial charge < -0.3 is 11.5 Å². The van der Waals surface area contributed by atoms with Crippen molar-refractivity contribution in [2.45, 2.75) is 18.9 Å². The summed E-state index contributed by atoms with van der Waals surface area (Å²) in [7, 11) is 0. The number of nitrogens with two attached hydrogens (primary N) is 2. The molecule has 4 nitrogen and oxygen atoms in total. The number of ketones is 1. The third-order valence-corrected chi connectivity index (χ3v) is 2.49. The van der Waals surface area contributed by atoms with Crippen molar-refractivity contribution in [3.63, 3.8) is 0 Å². The van der Waals surface area contributed by atoms with E-state index in [1.807, 2.05) is 0 Å². The van der Waals surface area contributed by atoms with Gasteiger partial charge in [0, 0.05) is 11.6 Å². The molecule has 0 amide bonds. The van der Waals surface area contributed by atoms with Crippen molar-refractivity contribution >= 4 is 17.1 Å². The van der Waals surface area contributed by atoms with E-state index in [0.717, 1.165) is 6.42 Å². The maximum Gasteiger partial charge on any atom is 0.207 e. The Labute approximate surface area is 81.0 Å². The van der Waals surface area contributed by atoms with E-state index in [2.05, 4.69) is 4.98 Å². The molecule has 0 bridgehead atoms. The smallest absolute Gasteiger partial charge is 0.207 e. The van der Waals surface area contributed by atoms with Crippen LogP contribution in [-0.4, -0.2) is 23.4 Å². The lowest BCUT2D eigenvalue weighted by molar-refractivity contribution is 0.0956. The molecule has 1 unspecified atom stereocenters. The van der Waals surface area contributed by atoms with Crippen LogP contribution in [-0.2, 0) is 0 Å². The molecule has 0 radical (unpaired) electrons. The first kappa shape index (κ1) is 10.3. The van der Waals surface area contributed by atoms with Crippen LogP contribution < -0.4 is 11.5 Å². The number of Topliss-reactive ketones (excluding diaryl/α,β-unsaturated/α-hetero) is 1. The van der Waals surface area contributed by atoms with Gasteiger partial charge in [-0.2, -0.15) is 0 Å². The Morgan fingerprint density at radius 3 is 3.00 bits per heavy atom. The van der Waals surface area contributed by atoms with E-state index in [1.165, 1.54) is 11.3 Å². The zero-order valence-corrected chi connectivity index (χ0v) is 8.09. The fourth-order valence-electron chi connectivity index (χ4n) is 0.973. The SMILES string of the molecule is NCCCC(N)C(=O)c1nccs1. The quantitative estimate of drug-likeness (QED) is 0.672. The summed E-state index contributed by atoms with van der Waals surface area (Å²) in [4.78, 5) is 15.4. The average Bonchev–Trinajstić information content (AvgIpc) is 2.65. The van der Waals surface area contributed by atoms with Crippen molar-refractivity contribution in [1.29, 1.82) is 0 Å². The Hall–Kier alpha value is -0.780. The minimum absolute atomic E-state index is 0.0801. The molecule has 1 atom stereocenters. The van der Waals surface area contributed by atoms with Gasteiger partial charge in [-0.25, -0.2) is 4.98 Å². The van der Waals surface area contributed by atoms with Gasteiger partial charge in [-0.15, -0.1) is 11.3 Å². The Bertz CT molecular complexity index is 260. The predicted molar refractivity (Wildman–Crippen MR) is 52.7 cm³/mol. The van der Waals surface area contributed by atoms with Crippen LogP contribution in [0.5, 0.6) is 0 Å². The molecule has 1 aromatic rings. The van der Waals surface area contributed by atoms with Crippen LogP contribution in [0.25, 0.3) is 0 Å². The van der Waals surface area contributed by atoms with Gasteiger partial charge >= 0.3 is 0 Å². The van der Waals surface area contributed by atoms with E-state index < -0.39 is 6.04 Å². The van der Waals surface area contributed by atoms with Crippen molar-refractivity contribution in [2.24, 2.45) is 11.5 Å². The van der Waals surface area contributed by atoms with Crippen LogP contribution in [0.2, 0.25) is 0 Å². The summed E-state index contributed by atoms with van der Waals surface area (Å²) in [5.74, 6) is -0.0801. The van der Waals surface area contributed by atoms with Crippen LogP contribution in [0.4, 0.5) is 0 Å². The van der Waals surface area contributed by atoms with Gasteiger partial charge in [0.15, 0.2) is 5.01 Å². The van der Waals surface area contributed by atoms with E-state index in [4.69, 9.17) is 11.5 Å². The predicted octanol–water partition coefficient (Wildman–Crippen LogP) is 0.392. The second-order valence-corrected chi connectivity index (χ2v) is 3.63. The molecule has 0 aliphatic carbocycles. The van der Waals surface area contributed by atoms with Gasteiger partial charge in [-0.1, -0.05) is 0 Å². The van der Waals surface area contributed by atoms with Crippen LogP contribution >= 0.6 is 11.3 Å². The van der Waals surface area contributed by atoms with Crippen molar-refractivity contribution in [3.05, 3.63) is 16.6 Å². The van der Waals surface area contributed by atoms with E-state index in [9.17, 15) is 4.79 Å². The Morgan fingerprint density at radius 1 is 1.69 bits per heavy atom. The molecule has 0 aliphatic heterocycles. The standard InChI is InChI=1S/C8H13N3OS/c9-3-1-2-6(10)7(12)8-11-4-5-13-8/h4-6H,1-3,9-10H2. The molecule has 0 aliphatic rings. The number of carbonyl (C=O) groups excluding carboxylic acids is 1. The number of aromatic nitrogens is 1. The highest BCUT2D eigenvalue weighted by Crippen LogP contribution is 2.08. The fourth-order valence-corrected chi connectivity index (χ4v) is 1.61. The van der Waals surface area contributed by atoms with Crippen LogP contribution in [0, 0.1) is 0 Å². The summed E-state index contributed by atoms with van der Waals surface area (Å²) in [5.41, 5.74) is 11.0. The monoisotopic (exact) mass is 199 g/mol. The lowest BCUT2D eigenvalue weighted by Crippen LogP contribution is -2.30. The van der Waals surface area contributed by atoms with Crippen molar-refractivity contribution in [3.8, 4) is 0 Å². The molecule has 4 N–H and O–H groups in total. The van der Waals surface area contributed by atoms with Crippen molar-refractivity contribution in [1.82, 2.24) is 4.98 Å². The number of hydrogen-bond acceptors (Lipinski definition) is 5. The topological polar surface area (TPSA) is 82.0 Å². The molecule has 13 heavy (non-hydrogen) atoms. The summed E-state index contributed by atoms with van der Waals surface area (Å²) < 4.78 is 0. The summed E-state index contributed by atoms with van der Waals surface area (Å²) >= 11 is 1.32. The molecule has 5 heteroatoms. The third-order valence-electron chi connectivity index (χ3n) is 1.70. The van der Waals surface area contributed by atoms with Gasteiger partial charge in [0.2, 0.25) is 5.78 Å². The second kappa shape index (κ2) is 5.06. The fraction of sp³-hybridized carbons (Fsp3) is 0.500. The lowest BCUT2D eigenvalue weighted by atomic mass is 10.1. The van der Waals surface area contributed by atoms with Crippen molar-refractivity contribution in [2.75, 3.05) is 6.54 Å². The second-order valence-electron chi connectivity index (χ2n) is 2.74. The molecule has 0 fully saturated rings. The normalized spacial score (nSPS) is 12.8. The van der Waals surface area contributed by atoms with Crippen LogP contribution in [0.3, 0.4) is 0 Å². The van der Waals surface area contributed by atoms with E-state index in [-0.39, 0.29) is 5.78 Å². The Balaban J connectivity index is 2.48. The highest BCUT2D eigenvalue weighted by molar-refractivity contribution is 7.11. The van der Waals surface area contributed by atoms with Gasteiger partial charge in [0.05, 0.1) is 6.04 Å². The highest BCUT2D eigenvalue weighted by atomic mass is 32.1. The van der Waals surface area contributed by atoms with Gasteiger partial charge in [0.25, 0.3) is 0 Å². The Kier molecular flexibility index (Phi) is 4.01. The maximum atomic E-state index is 11.5. The molecular formula is C8H13N3OS. The lowest BCUT2D eigenvalue weighted by Gasteiger charge is -2.06. The first-order valence-electron chi connectivity index (χ1n) is 4.15. The number of hydrogen-bond donors (Lipinski definition) is 2. The molecule has 0 saturated heterocycles. The van der Waals surface area contributed by atoms with E-state index in [1.54, 1.807) is 11.6 Å². The summed E-state index contributed by atoms with van der Waals surface area (Å²) in [6, 6.07) is -0.449. The van der Waals surface area contributed by atoms with E-state index >= 15 is 0 Å². The number of rotatable bonds is 5. The van der Waals surface area contributed by atoms with E-state index in [0.29, 0.717) is 18.0 Å². The number of thiazole rings is 1. The molecule has 0 aromatic carbocycles. The average molecular weight is 199 g/mol. The van der Waals surface area contributed by atoms with Gasteiger partial charge in [0.1, 0.15) is 0 Å². The molecule has 1 rings (SSSR count). The molecule has 0 spiro atoms. The Morgan fingerprint density at radius 2 is 2.46 bits per heavy atom. The minimum Gasteiger partial charge on any atom is -0.330 e. The molecule has 1 heterocycles. The number of nitrogens with zero attached hydrogens (tertiary/aromatic N) is 1. The van der Waals surface area contributed by atoms with Gasteiger partial charge in [-0.3, -0.25) is 4.79 Å². The first-order chi connectivity index (χ1) is 6.25. The molecule has 0 saturated carbocycles. The maximum absolute atomic E-state index is 11.5. The highest BCUT2D eigenvalue weighted by Gasteiger charge is 2.16. The van der Waals surface area contributed by atoms with Crippen molar-refractivity contribution < 1.29 is 4.79 Å². The zero-order chi connectivity index (χ0) is 9.68.